The van der Waals surface area contributed by atoms with E-state index in [0.717, 1.165) is 24.1 Å². The quantitative estimate of drug-likeness (QED) is 0.789. The number of thiazole rings is 1. The van der Waals surface area contributed by atoms with Gasteiger partial charge in [-0.2, -0.15) is 0 Å². The van der Waals surface area contributed by atoms with Gasteiger partial charge < -0.3 is 0 Å². The molecule has 0 saturated carbocycles. The van der Waals surface area contributed by atoms with Crippen LogP contribution in [0.4, 0.5) is 5.13 Å². The Bertz CT molecular complexity index is 821. The molecule has 1 aromatic carbocycles. The van der Waals surface area contributed by atoms with E-state index in [1.165, 1.54) is 11.3 Å². The molecule has 1 N–H and O–H groups in total. The van der Waals surface area contributed by atoms with Crippen LogP contribution in [0, 0.1) is 0 Å². The Balaban J connectivity index is 1.60. The zero-order valence-electron chi connectivity index (χ0n) is 11.2. The van der Waals surface area contributed by atoms with Crippen LogP contribution in [0.1, 0.15) is 27.3 Å². The van der Waals surface area contributed by atoms with Crippen LogP contribution in [-0.4, -0.2) is 20.9 Å². The predicted molar refractivity (Wildman–Crippen MR) is 81.6 cm³/mol. The van der Waals surface area contributed by atoms with E-state index in [0.29, 0.717) is 16.2 Å². The van der Waals surface area contributed by atoms with E-state index in [1.807, 2.05) is 0 Å². The zero-order chi connectivity index (χ0) is 14.2. The maximum absolute atomic E-state index is 12.3. The third kappa shape index (κ3) is 2.27. The average molecular weight is 296 g/mol. The van der Waals surface area contributed by atoms with Crippen molar-refractivity contribution in [2.24, 2.45) is 0 Å². The van der Waals surface area contributed by atoms with Gasteiger partial charge in [0.25, 0.3) is 5.91 Å². The van der Waals surface area contributed by atoms with Gasteiger partial charge >= 0.3 is 0 Å². The normalized spacial score (nSPS) is 13.3. The van der Waals surface area contributed by atoms with Gasteiger partial charge in [0.2, 0.25) is 0 Å². The van der Waals surface area contributed by atoms with Gasteiger partial charge in [-0.25, -0.2) is 4.98 Å². The number of carbonyl (C=O) groups excluding carboxylic acids is 1. The molecule has 1 amide bonds. The maximum Gasteiger partial charge on any atom is 0.257 e. The third-order valence-electron chi connectivity index (χ3n) is 3.55. The smallest absolute Gasteiger partial charge is 0.257 e. The van der Waals surface area contributed by atoms with E-state index >= 15 is 0 Å². The van der Waals surface area contributed by atoms with Crippen LogP contribution in [0.3, 0.4) is 0 Å². The molecule has 0 fully saturated rings. The minimum atomic E-state index is -0.157. The summed E-state index contributed by atoms with van der Waals surface area (Å²) in [6.45, 7) is 0. The number of fused-ring (bicyclic) bond motifs is 2. The number of aryl methyl sites for hydroxylation is 2. The van der Waals surface area contributed by atoms with Crippen molar-refractivity contribution in [3.63, 3.8) is 0 Å². The lowest BCUT2D eigenvalue weighted by atomic mass is 10.2. The predicted octanol–water partition coefficient (Wildman–Crippen LogP) is 2.83. The van der Waals surface area contributed by atoms with Gasteiger partial charge in [0.1, 0.15) is 0 Å². The summed E-state index contributed by atoms with van der Waals surface area (Å²) in [5.74, 6) is -0.157. The molecule has 2 aromatic heterocycles. The molecule has 0 radical (unpaired) electrons. The maximum atomic E-state index is 12.3. The number of hydrogen-bond acceptors (Lipinski definition) is 5. The molecule has 4 rings (SSSR count). The fraction of sp³-hybridized carbons (Fsp3) is 0.200. The van der Waals surface area contributed by atoms with Crippen molar-refractivity contribution in [3.05, 3.63) is 46.7 Å². The minimum absolute atomic E-state index is 0.157. The number of aromatic nitrogens is 3. The molecule has 0 unspecified atom stereocenters. The highest BCUT2D eigenvalue weighted by Gasteiger charge is 2.18. The summed E-state index contributed by atoms with van der Waals surface area (Å²) in [7, 11) is 0. The standard InChI is InChI=1S/C15H12N4OS/c20-14(19-15-18-11-2-1-3-13(11)21-15)9-4-5-10-12(8-9)17-7-6-16-10/h4-8H,1-3H2,(H,18,19,20). The number of benzene rings is 1. The molecule has 2 heterocycles. The molecule has 0 atom stereocenters. The highest BCUT2D eigenvalue weighted by atomic mass is 32.1. The lowest BCUT2D eigenvalue weighted by Gasteiger charge is -2.03. The van der Waals surface area contributed by atoms with Crippen molar-refractivity contribution in [2.45, 2.75) is 19.3 Å². The van der Waals surface area contributed by atoms with Crippen molar-refractivity contribution in [1.82, 2.24) is 15.0 Å². The third-order valence-corrected chi connectivity index (χ3v) is 4.62. The lowest BCUT2D eigenvalue weighted by molar-refractivity contribution is 0.102. The largest absolute Gasteiger partial charge is 0.298 e. The summed E-state index contributed by atoms with van der Waals surface area (Å²) in [5, 5.41) is 3.56. The first-order valence-corrected chi connectivity index (χ1v) is 7.62. The number of nitrogens with zero attached hydrogens (tertiary/aromatic N) is 3. The molecular formula is C15H12N4OS. The van der Waals surface area contributed by atoms with E-state index in [2.05, 4.69) is 20.3 Å². The number of amides is 1. The van der Waals surface area contributed by atoms with E-state index < -0.39 is 0 Å². The first-order chi connectivity index (χ1) is 10.3. The number of carbonyl (C=O) groups is 1. The Morgan fingerprint density at radius 2 is 2.00 bits per heavy atom. The van der Waals surface area contributed by atoms with Crippen LogP contribution in [0.5, 0.6) is 0 Å². The number of rotatable bonds is 2. The highest BCUT2D eigenvalue weighted by Crippen LogP contribution is 2.30. The summed E-state index contributed by atoms with van der Waals surface area (Å²) >= 11 is 1.58. The van der Waals surface area contributed by atoms with Gasteiger partial charge in [0.15, 0.2) is 5.13 Å². The first-order valence-electron chi connectivity index (χ1n) is 6.80. The molecule has 0 spiro atoms. The average Bonchev–Trinajstić information content (AvgIpc) is 3.08. The van der Waals surface area contributed by atoms with Gasteiger partial charge in [-0.05, 0) is 37.5 Å². The molecule has 1 aliphatic rings. The molecule has 3 aromatic rings. The molecule has 0 saturated heterocycles. The molecule has 5 nitrogen and oxygen atoms in total. The highest BCUT2D eigenvalue weighted by molar-refractivity contribution is 7.16. The fourth-order valence-corrected chi connectivity index (χ4v) is 3.56. The monoisotopic (exact) mass is 296 g/mol. The van der Waals surface area contributed by atoms with Gasteiger partial charge in [-0.3, -0.25) is 20.1 Å². The van der Waals surface area contributed by atoms with Crippen molar-refractivity contribution in [1.29, 1.82) is 0 Å². The number of anilines is 1. The Kier molecular flexibility index (Phi) is 2.89. The van der Waals surface area contributed by atoms with Crippen LogP contribution < -0.4 is 5.32 Å². The minimum Gasteiger partial charge on any atom is -0.298 e. The first kappa shape index (κ1) is 12.4. The lowest BCUT2D eigenvalue weighted by Crippen LogP contribution is -2.11. The van der Waals surface area contributed by atoms with E-state index in [4.69, 9.17) is 0 Å². The van der Waals surface area contributed by atoms with Crippen LogP contribution in [0.25, 0.3) is 11.0 Å². The molecule has 0 bridgehead atoms. The van der Waals surface area contributed by atoms with Gasteiger partial charge in [-0.15, -0.1) is 11.3 Å². The molecule has 104 valence electrons. The summed E-state index contributed by atoms with van der Waals surface area (Å²) in [5.41, 5.74) is 3.20. The van der Waals surface area contributed by atoms with Crippen molar-refractivity contribution in [2.75, 3.05) is 5.32 Å². The second-order valence-electron chi connectivity index (χ2n) is 4.96. The van der Waals surface area contributed by atoms with Crippen molar-refractivity contribution < 1.29 is 4.79 Å². The van der Waals surface area contributed by atoms with Crippen LogP contribution >= 0.6 is 11.3 Å². The second-order valence-corrected chi connectivity index (χ2v) is 6.04. The Hall–Kier alpha value is -2.34. The summed E-state index contributed by atoms with van der Waals surface area (Å²) in [6, 6.07) is 5.31. The Morgan fingerprint density at radius 3 is 2.86 bits per heavy atom. The second kappa shape index (κ2) is 4.89. The van der Waals surface area contributed by atoms with Crippen LogP contribution in [0.15, 0.2) is 30.6 Å². The number of hydrogen-bond donors (Lipinski definition) is 1. The molecule has 6 heteroatoms. The van der Waals surface area contributed by atoms with Gasteiger partial charge in [0, 0.05) is 22.8 Å². The van der Waals surface area contributed by atoms with Crippen molar-refractivity contribution in [3.8, 4) is 0 Å². The van der Waals surface area contributed by atoms with Crippen LogP contribution in [-0.2, 0) is 12.8 Å². The Morgan fingerprint density at radius 1 is 1.14 bits per heavy atom. The van der Waals surface area contributed by atoms with E-state index in [-0.39, 0.29) is 5.91 Å². The zero-order valence-corrected chi connectivity index (χ0v) is 12.0. The molecule has 21 heavy (non-hydrogen) atoms. The Labute approximate surface area is 125 Å². The fourth-order valence-electron chi connectivity index (χ4n) is 2.52. The van der Waals surface area contributed by atoms with E-state index in [1.54, 1.807) is 41.9 Å². The molecule has 0 aliphatic heterocycles. The summed E-state index contributed by atoms with van der Waals surface area (Å²) in [6.07, 6.45) is 6.53. The topological polar surface area (TPSA) is 67.8 Å². The van der Waals surface area contributed by atoms with Crippen molar-refractivity contribution >= 4 is 33.4 Å². The number of nitrogens with one attached hydrogen (secondary N) is 1. The van der Waals surface area contributed by atoms with Crippen LogP contribution in [0.2, 0.25) is 0 Å². The van der Waals surface area contributed by atoms with Gasteiger partial charge in [0.05, 0.1) is 16.7 Å². The van der Waals surface area contributed by atoms with Gasteiger partial charge in [-0.1, -0.05) is 0 Å². The molecule has 1 aliphatic carbocycles. The SMILES string of the molecule is O=C(Nc1nc2c(s1)CCC2)c1ccc2nccnc2c1. The summed E-state index contributed by atoms with van der Waals surface area (Å²) < 4.78 is 0. The van der Waals surface area contributed by atoms with E-state index in [9.17, 15) is 4.79 Å². The summed E-state index contributed by atoms with van der Waals surface area (Å²) in [4.78, 5) is 26.5. The molecular weight excluding hydrogens is 284 g/mol.